The van der Waals surface area contributed by atoms with Crippen molar-refractivity contribution in [3.8, 4) is 0 Å². The summed E-state index contributed by atoms with van der Waals surface area (Å²) in [7, 11) is 0. The zero-order valence-corrected chi connectivity index (χ0v) is 16.8. The van der Waals surface area contributed by atoms with Gasteiger partial charge in [0, 0.05) is 18.1 Å². The molecule has 0 N–H and O–H groups in total. The van der Waals surface area contributed by atoms with Crippen molar-refractivity contribution < 1.29 is 4.39 Å². The van der Waals surface area contributed by atoms with Gasteiger partial charge in [-0.2, -0.15) is 0 Å². The number of nitrogens with zero attached hydrogens (tertiary/aromatic N) is 2. The van der Waals surface area contributed by atoms with Gasteiger partial charge in [-0.1, -0.05) is 37.3 Å². The summed E-state index contributed by atoms with van der Waals surface area (Å²) in [6, 6.07) is 12.3. The summed E-state index contributed by atoms with van der Waals surface area (Å²) in [5.41, 5.74) is 3.62. The third-order valence-corrected chi connectivity index (χ3v) is 5.30. The zero-order chi connectivity index (χ0) is 19.4. The molecule has 0 saturated heterocycles. The Morgan fingerprint density at radius 3 is 2.67 bits per heavy atom. The van der Waals surface area contributed by atoms with Gasteiger partial charge in [-0.15, -0.1) is 0 Å². The number of rotatable bonds is 5. The molecule has 3 aromatic rings. The first-order chi connectivity index (χ1) is 13.0. The lowest BCUT2D eigenvalue weighted by molar-refractivity contribution is 0.626. The Kier molecular flexibility index (Phi) is 6.01. The molecule has 1 atom stereocenters. The highest BCUT2D eigenvalue weighted by molar-refractivity contribution is 9.10. The molecule has 2 heterocycles. The number of aromatic nitrogens is 2. The fraction of sp³-hybridized carbons (Fsp3) is 0.182. The van der Waals surface area contributed by atoms with Crippen LogP contribution in [0.25, 0.3) is 6.08 Å². The Bertz CT molecular complexity index is 1010. The SMILES string of the molecule is Cc1cc(/C=C/C(C)c2ccc(F)cc2)c(Br)c(=O)n1Cc1cccnc1. The van der Waals surface area contributed by atoms with E-state index in [2.05, 4.69) is 20.9 Å². The lowest BCUT2D eigenvalue weighted by Crippen LogP contribution is -2.24. The molecule has 0 aliphatic carbocycles. The van der Waals surface area contributed by atoms with Crippen molar-refractivity contribution in [3.05, 3.63) is 104 Å². The summed E-state index contributed by atoms with van der Waals surface area (Å²) < 4.78 is 15.3. The number of hydrogen-bond acceptors (Lipinski definition) is 2. The molecule has 138 valence electrons. The number of hydrogen-bond donors (Lipinski definition) is 0. The zero-order valence-electron chi connectivity index (χ0n) is 15.2. The van der Waals surface area contributed by atoms with Crippen LogP contribution in [-0.4, -0.2) is 9.55 Å². The van der Waals surface area contributed by atoms with Gasteiger partial charge in [0.1, 0.15) is 5.82 Å². The van der Waals surface area contributed by atoms with Crippen LogP contribution in [0.3, 0.4) is 0 Å². The first-order valence-electron chi connectivity index (χ1n) is 8.68. The fourth-order valence-corrected chi connectivity index (χ4v) is 3.35. The summed E-state index contributed by atoms with van der Waals surface area (Å²) in [5.74, 6) is -0.138. The minimum Gasteiger partial charge on any atom is -0.307 e. The molecular weight excluding hydrogens is 407 g/mol. The van der Waals surface area contributed by atoms with Crippen molar-refractivity contribution in [2.45, 2.75) is 26.3 Å². The van der Waals surface area contributed by atoms with Gasteiger partial charge in [-0.25, -0.2) is 4.39 Å². The van der Waals surface area contributed by atoms with Crippen LogP contribution in [0.15, 0.2) is 70.2 Å². The van der Waals surface area contributed by atoms with Crippen LogP contribution >= 0.6 is 15.9 Å². The van der Waals surface area contributed by atoms with Gasteiger partial charge in [0.05, 0.1) is 11.0 Å². The minimum absolute atomic E-state index is 0.0760. The van der Waals surface area contributed by atoms with Crippen molar-refractivity contribution in [1.82, 2.24) is 9.55 Å². The van der Waals surface area contributed by atoms with Crippen molar-refractivity contribution in [2.75, 3.05) is 0 Å². The Hall–Kier alpha value is -2.53. The van der Waals surface area contributed by atoms with Gasteiger partial charge in [-0.05, 0) is 69.7 Å². The highest BCUT2D eigenvalue weighted by atomic mass is 79.9. The maximum Gasteiger partial charge on any atom is 0.265 e. The molecule has 5 heteroatoms. The molecule has 2 aromatic heterocycles. The Labute approximate surface area is 166 Å². The normalized spacial score (nSPS) is 12.4. The van der Waals surface area contributed by atoms with Crippen LogP contribution in [0.4, 0.5) is 4.39 Å². The van der Waals surface area contributed by atoms with E-state index in [0.29, 0.717) is 11.0 Å². The molecular formula is C22H20BrFN2O. The molecule has 0 spiro atoms. The van der Waals surface area contributed by atoms with E-state index in [1.807, 2.05) is 44.2 Å². The van der Waals surface area contributed by atoms with E-state index < -0.39 is 0 Å². The molecule has 0 saturated carbocycles. The largest absolute Gasteiger partial charge is 0.307 e. The average Bonchev–Trinajstić information content (AvgIpc) is 2.68. The molecule has 0 amide bonds. The summed E-state index contributed by atoms with van der Waals surface area (Å²) in [6.07, 6.45) is 7.42. The monoisotopic (exact) mass is 426 g/mol. The predicted octanol–water partition coefficient (Wildman–Crippen LogP) is 5.32. The first kappa shape index (κ1) is 19.2. The number of pyridine rings is 2. The lowest BCUT2D eigenvalue weighted by Gasteiger charge is -2.13. The number of aryl methyl sites for hydroxylation is 1. The number of allylic oxidation sites excluding steroid dienone is 1. The fourth-order valence-electron chi connectivity index (χ4n) is 2.89. The average molecular weight is 427 g/mol. The van der Waals surface area contributed by atoms with E-state index in [0.717, 1.165) is 22.4 Å². The molecule has 3 nitrogen and oxygen atoms in total. The maximum atomic E-state index is 13.1. The maximum absolute atomic E-state index is 13.1. The standard InChI is InChI=1S/C22H20BrFN2O/c1-15(18-7-9-20(24)10-8-18)5-6-19-12-16(2)26(22(27)21(19)23)14-17-4-3-11-25-13-17/h3-13,15H,14H2,1-2H3/b6-5+. The number of halogens is 2. The van der Waals surface area contributed by atoms with Crippen molar-refractivity contribution in [3.63, 3.8) is 0 Å². The molecule has 1 unspecified atom stereocenters. The van der Waals surface area contributed by atoms with Gasteiger partial charge < -0.3 is 4.57 Å². The van der Waals surface area contributed by atoms with Gasteiger partial charge in [0.25, 0.3) is 5.56 Å². The molecule has 0 aliphatic rings. The van der Waals surface area contributed by atoms with Gasteiger partial charge in [0.15, 0.2) is 0 Å². The van der Waals surface area contributed by atoms with Crippen LogP contribution < -0.4 is 5.56 Å². The quantitative estimate of drug-likeness (QED) is 0.553. The van der Waals surface area contributed by atoms with E-state index in [-0.39, 0.29) is 17.3 Å². The molecule has 27 heavy (non-hydrogen) atoms. The summed E-state index contributed by atoms with van der Waals surface area (Å²) in [6.45, 7) is 4.44. The molecule has 0 fully saturated rings. The third kappa shape index (κ3) is 4.61. The van der Waals surface area contributed by atoms with Crippen LogP contribution in [-0.2, 0) is 6.54 Å². The van der Waals surface area contributed by atoms with Gasteiger partial charge in [-0.3, -0.25) is 9.78 Å². The Balaban J connectivity index is 1.86. The highest BCUT2D eigenvalue weighted by Gasteiger charge is 2.10. The van der Waals surface area contributed by atoms with Crippen molar-refractivity contribution in [1.29, 1.82) is 0 Å². The topological polar surface area (TPSA) is 34.9 Å². The van der Waals surface area contributed by atoms with E-state index in [1.165, 1.54) is 12.1 Å². The van der Waals surface area contributed by atoms with Crippen LogP contribution in [0.1, 0.15) is 35.2 Å². The summed E-state index contributed by atoms with van der Waals surface area (Å²) in [5, 5.41) is 0. The second-order valence-electron chi connectivity index (χ2n) is 6.51. The molecule has 0 aliphatic heterocycles. The molecule has 0 bridgehead atoms. The highest BCUT2D eigenvalue weighted by Crippen LogP contribution is 2.21. The van der Waals surface area contributed by atoms with Gasteiger partial charge in [0.2, 0.25) is 0 Å². The van der Waals surface area contributed by atoms with Crippen molar-refractivity contribution >= 4 is 22.0 Å². The van der Waals surface area contributed by atoms with E-state index in [1.54, 1.807) is 29.1 Å². The molecule has 1 aromatic carbocycles. The second-order valence-corrected chi connectivity index (χ2v) is 7.30. The molecule has 3 rings (SSSR count). The summed E-state index contributed by atoms with van der Waals surface area (Å²) >= 11 is 3.44. The Morgan fingerprint density at radius 2 is 2.00 bits per heavy atom. The third-order valence-electron chi connectivity index (χ3n) is 4.50. The smallest absolute Gasteiger partial charge is 0.265 e. The van der Waals surface area contributed by atoms with Crippen LogP contribution in [0.2, 0.25) is 0 Å². The first-order valence-corrected chi connectivity index (χ1v) is 9.47. The van der Waals surface area contributed by atoms with E-state index in [9.17, 15) is 9.18 Å². The minimum atomic E-state index is -0.245. The predicted molar refractivity (Wildman–Crippen MR) is 110 cm³/mol. The molecule has 0 radical (unpaired) electrons. The Morgan fingerprint density at radius 1 is 1.26 bits per heavy atom. The number of benzene rings is 1. The van der Waals surface area contributed by atoms with Crippen LogP contribution in [0, 0.1) is 12.7 Å². The van der Waals surface area contributed by atoms with E-state index in [4.69, 9.17) is 0 Å². The van der Waals surface area contributed by atoms with E-state index >= 15 is 0 Å². The summed E-state index contributed by atoms with van der Waals surface area (Å²) in [4.78, 5) is 16.9. The van der Waals surface area contributed by atoms with Gasteiger partial charge >= 0.3 is 0 Å². The lowest BCUT2D eigenvalue weighted by atomic mass is 10.00. The van der Waals surface area contributed by atoms with Crippen molar-refractivity contribution in [2.24, 2.45) is 0 Å². The second kappa shape index (κ2) is 8.44. The van der Waals surface area contributed by atoms with Crippen LogP contribution in [0.5, 0.6) is 0 Å².